The van der Waals surface area contributed by atoms with Gasteiger partial charge in [0.15, 0.2) is 0 Å². The molecule has 0 aromatic heterocycles. The van der Waals surface area contributed by atoms with E-state index >= 15 is 0 Å². The maximum atomic E-state index is 5.51. The van der Waals surface area contributed by atoms with Crippen LogP contribution in [0.4, 0.5) is 0 Å². The summed E-state index contributed by atoms with van der Waals surface area (Å²) in [4.78, 5) is 0. The minimum Gasteiger partial charge on any atom is -0.515 e. The van der Waals surface area contributed by atoms with Gasteiger partial charge in [-0.15, -0.1) is 0 Å². The molecule has 0 aliphatic carbocycles. The Kier molecular flexibility index (Phi) is 26.3. The van der Waals surface area contributed by atoms with Crippen molar-refractivity contribution < 1.29 is 0 Å². The molecule has 0 spiro atoms. The molecule has 0 aromatic carbocycles. The van der Waals surface area contributed by atoms with Gasteiger partial charge >= 0.3 is 17.4 Å². The maximum absolute atomic E-state index is 5.51. The first-order chi connectivity index (χ1) is 4.16. The summed E-state index contributed by atoms with van der Waals surface area (Å²) < 4.78 is 0. The zero-order valence-electron chi connectivity index (χ0n) is 9.35. The molecule has 0 bridgehead atoms. The van der Waals surface area contributed by atoms with Crippen LogP contribution in [0.3, 0.4) is 0 Å². The largest absolute Gasteiger partial charge is 3.00 e. The van der Waals surface area contributed by atoms with Crippen molar-refractivity contribution in [2.75, 3.05) is 0 Å². The summed E-state index contributed by atoms with van der Waals surface area (Å²) in [6.07, 6.45) is 3.61. The van der Waals surface area contributed by atoms with Gasteiger partial charge in [0.25, 0.3) is 0 Å². The van der Waals surface area contributed by atoms with Crippen molar-refractivity contribution in [3.05, 3.63) is 27.0 Å². The van der Waals surface area contributed by atoms with Crippen molar-refractivity contribution in [2.24, 2.45) is 5.92 Å². The van der Waals surface area contributed by atoms with E-state index in [2.05, 4.69) is 13.8 Å². The fraction of sp³-hybridized carbons (Fsp3) is 0.636. The Hall–Kier alpha value is 0.272. The molecule has 70 valence electrons. The summed E-state index contributed by atoms with van der Waals surface area (Å²) in [5, 5.41) is 0. The zero-order chi connectivity index (χ0) is 7.28. The molecule has 0 nitrogen and oxygen atoms in total. The molecule has 0 aliphatic rings. The van der Waals surface area contributed by atoms with Crippen LogP contribution >= 0.6 is 0 Å². The predicted octanol–water partition coefficient (Wildman–Crippen LogP) is 3.71. The summed E-state index contributed by atoms with van der Waals surface area (Å²) in [6, 6.07) is 0. The third-order valence-corrected chi connectivity index (χ3v) is 1.73. The molecule has 0 unspecified atom stereocenters. The monoisotopic (exact) mass is 182 g/mol. The van der Waals surface area contributed by atoms with E-state index in [1.165, 1.54) is 12.8 Å². The predicted molar refractivity (Wildman–Crippen MR) is 60.8 cm³/mol. The van der Waals surface area contributed by atoms with Gasteiger partial charge < -0.3 is 21.4 Å². The van der Waals surface area contributed by atoms with Crippen LogP contribution in [0.25, 0.3) is 0 Å². The van der Waals surface area contributed by atoms with E-state index < -0.39 is 0 Å². The fourth-order valence-electron chi connectivity index (χ4n) is 0.678. The Morgan fingerprint density at radius 2 is 1.75 bits per heavy atom. The van der Waals surface area contributed by atoms with Crippen LogP contribution < -0.4 is 0 Å². The molecule has 0 heterocycles. The van der Waals surface area contributed by atoms with Gasteiger partial charge in [-0.1, -0.05) is 33.6 Å². The van der Waals surface area contributed by atoms with E-state index in [1.807, 2.05) is 6.92 Å². The minimum absolute atomic E-state index is 0. The van der Waals surface area contributed by atoms with E-state index in [9.17, 15) is 0 Å². The van der Waals surface area contributed by atoms with Crippen molar-refractivity contribution in [2.45, 2.75) is 40.0 Å². The zero-order valence-corrected chi connectivity index (χ0v) is 10.5. The number of allylic oxidation sites excluding steroid dienone is 1. The van der Waals surface area contributed by atoms with E-state index in [-0.39, 0.29) is 32.2 Å². The van der Waals surface area contributed by atoms with Crippen LogP contribution in [0.2, 0.25) is 0 Å². The molecule has 0 rings (SSSR count). The number of hydrogen-bond donors (Lipinski definition) is 0. The van der Waals surface area contributed by atoms with Crippen LogP contribution in [0.15, 0.2) is 5.57 Å². The first-order valence-corrected chi connectivity index (χ1v) is 3.74. The Balaban J connectivity index is -0.000000107. The van der Waals surface area contributed by atoms with Crippen LogP contribution in [0, 0.1) is 27.4 Å². The standard InChI is InChI=1S/C9H17.2CH3.Al/c1-5-9(4)7-6-8(2)3;;;/h2,9H,5-7H2,1,3-4H3;2*1H3;/q3*-1;+3/t9-;;;/m0.../s1. The van der Waals surface area contributed by atoms with Crippen molar-refractivity contribution in [3.63, 3.8) is 0 Å². The molecule has 0 fully saturated rings. The fourth-order valence-corrected chi connectivity index (χ4v) is 0.678. The molecule has 1 atom stereocenters. The van der Waals surface area contributed by atoms with E-state index in [4.69, 9.17) is 6.58 Å². The molecular formula is C11H23Al. The van der Waals surface area contributed by atoms with Gasteiger partial charge in [-0.25, -0.2) is 0 Å². The topological polar surface area (TPSA) is 0 Å². The molecule has 0 aromatic rings. The second-order valence-corrected chi connectivity index (χ2v) is 2.90. The third-order valence-electron chi connectivity index (χ3n) is 1.73. The first kappa shape index (κ1) is 22.8. The van der Waals surface area contributed by atoms with Crippen molar-refractivity contribution in [3.8, 4) is 0 Å². The van der Waals surface area contributed by atoms with Crippen LogP contribution in [0.5, 0.6) is 0 Å². The van der Waals surface area contributed by atoms with Crippen molar-refractivity contribution in [1.29, 1.82) is 0 Å². The summed E-state index contributed by atoms with van der Waals surface area (Å²) in [5.41, 5.74) is 1.07. The Labute approximate surface area is 90.6 Å². The second-order valence-electron chi connectivity index (χ2n) is 2.90. The smallest absolute Gasteiger partial charge is 0.515 e. The van der Waals surface area contributed by atoms with E-state index in [0.717, 1.165) is 17.9 Å². The molecule has 0 saturated heterocycles. The SMILES string of the molecule is [Al+3].[CH-]=C(C)CC[C@@H](C)CC.[CH3-].[CH3-]. The molecule has 1 heteroatoms. The molecule has 0 amide bonds. The first-order valence-electron chi connectivity index (χ1n) is 3.74. The summed E-state index contributed by atoms with van der Waals surface area (Å²) in [6.45, 7) is 12.0. The Morgan fingerprint density at radius 3 is 2.00 bits per heavy atom. The quantitative estimate of drug-likeness (QED) is 0.459. The molecule has 0 radical (unpaired) electrons. The van der Waals surface area contributed by atoms with Crippen LogP contribution in [-0.4, -0.2) is 17.4 Å². The van der Waals surface area contributed by atoms with Gasteiger partial charge in [0.2, 0.25) is 0 Å². The van der Waals surface area contributed by atoms with Crippen LogP contribution in [-0.2, 0) is 0 Å². The number of rotatable bonds is 4. The summed E-state index contributed by atoms with van der Waals surface area (Å²) >= 11 is 0. The Bertz CT molecular complexity index is 87.0. The molecular weight excluding hydrogens is 159 g/mol. The van der Waals surface area contributed by atoms with Gasteiger partial charge in [0.1, 0.15) is 0 Å². The maximum Gasteiger partial charge on any atom is 3.00 e. The van der Waals surface area contributed by atoms with Gasteiger partial charge in [-0.3, -0.25) is 5.57 Å². The van der Waals surface area contributed by atoms with E-state index in [1.54, 1.807) is 0 Å². The number of hydrogen-bond acceptors (Lipinski definition) is 0. The molecule has 0 aliphatic heterocycles. The second kappa shape index (κ2) is 13.8. The summed E-state index contributed by atoms with van der Waals surface area (Å²) in [7, 11) is 0. The summed E-state index contributed by atoms with van der Waals surface area (Å²) in [5.74, 6) is 0.837. The molecule has 0 saturated carbocycles. The van der Waals surface area contributed by atoms with Crippen LogP contribution in [0.1, 0.15) is 40.0 Å². The average Bonchev–Trinajstić information content (AvgIpc) is 1.83. The Morgan fingerprint density at radius 1 is 1.33 bits per heavy atom. The van der Waals surface area contributed by atoms with Crippen molar-refractivity contribution in [1.82, 2.24) is 0 Å². The molecule has 12 heavy (non-hydrogen) atoms. The van der Waals surface area contributed by atoms with Gasteiger partial charge in [0.05, 0.1) is 0 Å². The molecule has 0 N–H and O–H groups in total. The minimum atomic E-state index is 0. The third kappa shape index (κ3) is 16.7. The van der Waals surface area contributed by atoms with Gasteiger partial charge in [-0.2, -0.15) is 0 Å². The van der Waals surface area contributed by atoms with Crippen molar-refractivity contribution >= 4 is 17.4 Å². The van der Waals surface area contributed by atoms with Gasteiger partial charge in [0, 0.05) is 0 Å². The average molecular weight is 182 g/mol. The van der Waals surface area contributed by atoms with E-state index in [0.29, 0.717) is 0 Å². The van der Waals surface area contributed by atoms with Gasteiger partial charge in [-0.05, 0) is 12.3 Å². The normalized spacial score (nSPS) is 9.92.